The van der Waals surface area contributed by atoms with Gasteiger partial charge < -0.3 is 29.4 Å². The van der Waals surface area contributed by atoms with Crippen molar-refractivity contribution in [1.29, 1.82) is 0 Å². The third kappa shape index (κ3) is 7.24. The van der Waals surface area contributed by atoms with Gasteiger partial charge in [0, 0.05) is 49.8 Å². The molecular weight excluding hydrogens is 619 g/mol. The quantitative estimate of drug-likeness (QED) is 0.186. The van der Waals surface area contributed by atoms with E-state index >= 15 is 0 Å². The Labute approximate surface area is 277 Å². The van der Waals surface area contributed by atoms with E-state index in [1.165, 1.54) is 37.4 Å². The van der Waals surface area contributed by atoms with Gasteiger partial charge in [0.1, 0.15) is 17.3 Å². The third-order valence-corrected chi connectivity index (χ3v) is 8.80. The first-order valence-electron chi connectivity index (χ1n) is 16.0. The number of para-hydroxylation sites is 2. The van der Waals surface area contributed by atoms with Crippen LogP contribution in [0.4, 0.5) is 15.8 Å². The molecule has 3 aromatic carbocycles. The van der Waals surface area contributed by atoms with Crippen LogP contribution in [-0.4, -0.2) is 79.9 Å². The van der Waals surface area contributed by atoms with Gasteiger partial charge in [0.05, 0.1) is 18.4 Å². The first kappa shape index (κ1) is 32.9. The van der Waals surface area contributed by atoms with Crippen molar-refractivity contribution in [1.82, 2.24) is 9.91 Å². The molecule has 250 valence electrons. The summed E-state index contributed by atoms with van der Waals surface area (Å²) in [6.45, 7) is 5.58. The fourth-order valence-electron chi connectivity index (χ4n) is 6.24. The van der Waals surface area contributed by atoms with Gasteiger partial charge in [0.2, 0.25) is 0 Å². The SMILES string of the molecule is COc1ccccc1N(CCN1CCC(C(=O)c2ccc(F)cc2)CC1)C(=O)c1ccc2c(c1NN1CC(C)C1)OC(=O)/C=C/C(=O)O2. The number of carbonyl (C=O) groups excluding carboxylic acids is 4. The van der Waals surface area contributed by atoms with E-state index in [9.17, 15) is 23.6 Å². The highest BCUT2D eigenvalue weighted by molar-refractivity contribution is 6.12. The van der Waals surface area contributed by atoms with E-state index in [4.69, 9.17) is 14.2 Å². The maximum absolute atomic E-state index is 14.6. The van der Waals surface area contributed by atoms with Crippen molar-refractivity contribution in [2.75, 3.05) is 56.7 Å². The van der Waals surface area contributed by atoms with Gasteiger partial charge in [0.25, 0.3) is 5.91 Å². The molecule has 3 heterocycles. The number of hydrogen-bond donors (Lipinski definition) is 1. The third-order valence-electron chi connectivity index (χ3n) is 8.80. The van der Waals surface area contributed by atoms with Crippen molar-refractivity contribution in [3.63, 3.8) is 0 Å². The van der Waals surface area contributed by atoms with Crippen molar-refractivity contribution in [2.24, 2.45) is 11.8 Å². The molecular formula is C36H37FN4O7. The number of hydrogen-bond acceptors (Lipinski definition) is 10. The lowest BCUT2D eigenvalue weighted by molar-refractivity contribution is -0.133. The van der Waals surface area contributed by atoms with Crippen LogP contribution >= 0.6 is 0 Å². The molecule has 48 heavy (non-hydrogen) atoms. The van der Waals surface area contributed by atoms with Crippen LogP contribution in [0.15, 0.2) is 72.8 Å². The highest BCUT2D eigenvalue weighted by atomic mass is 19.1. The van der Waals surface area contributed by atoms with Crippen LogP contribution in [0.3, 0.4) is 0 Å². The first-order chi connectivity index (χ1) is 23.2. The number of esters is 2. The summed E-state index contributed by atoms with van der Waals surface area (Å²) < 4.78 is 30.1. The number of nitrogens with one attached hydrogen (secondary N) is 1. The van der Waals surface area contributed by atoms with Gasteiger partial charge in [-0.15, -0.1) is 0 Å². The Hall–Kier alpha value is -5.07. The van der Waals surface area contributed by atoms with E-state index < -0.39 is 11.9 Å². The summed E-state index contributed by atoms with van der Waals surface area (Å²) in [5, 5.41) is 1.89. The molecule has 2 saturated heterocycles. The summed E-state index contributed by atoms with van der Waals surface area (Å²) in [6, 6.07) is 15.9. The van der Waals surface area contributed by atoms with E-state index in [2.05, 4.69) is 17.2 Å². The molecule has 0 bridgehead atoms. The lowest BCUT2D eigenvalue weighted by Gasteiger charge is -2.39. The Balaban J connectivity index is 1.26. The zero-order chi connectivity index (χ0) is 33.8. The fraction of sp³-hybridized carbons (Fsp3) is 0.333. The number of nitrogens with zero attached hydrogens (tertiary/aromatic N) is 3. The molecule has 3 aliphatic rings. The van der Waals surface area contributed by atoms with Crippen molar-refractivity contribution < 1.29 is 37.8 Å². The lowest BCUT2D eigenvalue weighted by Crippen LogP contribution is -2.49. The van der Waals surface area contributed by atoms with Gasteiger partial charge in [-0.3, -0.25) is 9.59 Å². The van der Waals surface area contributed by atoms with Crippen LogP contribution in [0, 0.1) is 17.7 Å². The molecule has 0 aromatic heterocycles. The average molecular weight is 657 g/mol. The zero-order valence-corrected chi connectivity index (χ0v) is 26.8. The Kier molecular flexibility index (Phi) is 9.83. The van der Waals surface area contributed by atoms with Gasteiger partial charge in [-0.05, 0) is 80.4 Å². The van der Waals surface area contributed by atoms with Crippen LogP contribution < -0.4 is 24.5 Å². The summed E-state index contributed by atoms with van der Waals surface area (Å²) in [5.41, 5.74) is 4.71. The number of Topliss-reactive ketones (excluding diaryl/α,β-unsaturated/α-hetero) is 1. The van der Waals surface area contributed by atoms with Crippen LogP contribution in [-0.2, 0) is 9.59 Å². The number of rotatable bonds is 10. The second kappa shape index (κ2) is 14.4. The summed E-state index contributed by atoms with van der Waals surface area (Å²) in [6.07, 6.45) is 3.25. The van der Waals surface area contributed by atoms with E-state index in [0.29, 0.717) is 68.5 Å². The lowest BCUT2D eigenvalue weighted by atomic mass is 9.89. The van der Waals surface area contributed by atoms with E-state index in [-0.39, 0.29) is 52.7 Å². The van der Waals surface area contributed by atoms with Crippen molar-refractivity contribution in [3.05, 3.63) is 89.8 Å². The Morgan fingerprint density at radius 2 is 1.65 bits per heavy atom. The molecule has 11 nitrogen and oxygen atoms in total. The minimum Gasteiger partial charge on any atom is -0.495 e. The molecule has 3 aromatic rings. The number of likely N-dealkylation sites (tertiary alicyclic amines) is 1. The van der Waals surface area contributed by atoms with Crippen LogP contribution in [0.1, 0.15) is 40.5 Å². The monoisotopic (exact) mass is 656 g/mol. The van der Waals surface area contributed by atoms with Gasteiger partial charge >= 0.3 is 11.9 Å². The number of hydrazine groups is 1. The minimum atomic E-state index is -0.777. The van der Waals surface area contributed by atoms with E-state index in [0.717, 1.165) is 12.2 Å². The van der Waals surface area contributed by atoms with E-state index in [1.807, 2.05) is 17.1 Å². The van der Waals surface area contributed by atoms with Crippen molar-refractivity contribution >= 4 is 35.0 Å². The predicted octanol–water partition coefficient (Wildman–Crippen LogP) is 4.74. The summed E-state index contributed by atoms with van der Waals surface area (Å²) in [4.78, 5) is 56.3. The molecule has 1 amide bonds. The van der Waals surface area contributed by atoms with Crippen molar-refractivity contribution in [3.8, 4) is 17.2 Å². The van der Waals surface area contributed by atoms with Gasteiger partial charge in [-0.25, -0.2) is 19.0 Å². The Bertz CT molecular complexity index is 1730. The molecule has 12 heteroatoms. The zero-order valence-electron chi connectivity index (χ0n) is 26.8. The van der Waals surface area contributed by atoms with Crippen LogP contribution in [0.5, 0.6) is 17.2 Å². The first-order valence-corrected chi connectivity index (χ1v) is 16.0. The summed E-state index contributed by atoms with van der Waals surface area (Å²) in [5.74, 6) is -1.57. The number of methoxy groups -OCH3 is 1. The molecule has 2 fully saturated rings. The van der Waals surface area contributed by atoms with Crippen LogP contribution in [0.2, 0.25) is 0 Å². The normalized spacial score (nSPS) is 18.0. The number of anilines is 2. The summed E-state index contributed by atoms with van der Waals surface area (Å²) >= 11 is 0. The standard InChI is InChI=1S/C36H37FN4O7/c1-23-21-40(22-23)38-33-27(11-12-30-35(33)48-32(43)14-13-31(42)47-30)36(45)41(28-5-3-4-6-29(28)46-2)20-19-39-17-15-25(16-18-39)34(44)24-7-9-26(37)10-8-24/h3-14,23,25,38H,15-22H2,1-2H3/b14-13+. The fourth-order valence-corrected chi connectivity index (χ4v) is 6.24. The molecule has 6 rings (SSSR count). The molecule has 1 N–H and O–H groups in total. The summed E-state index contributed by atoms with van der Waals surface area (Å²) in [7, 11) is 1.54. The number of fused-ring (bicyclic) bond motifs is 1. The smallest absolute Gasteiger partial charge is 0.336 e. The number of amides is 1. The molecule has 0 radical (unpaired) electrons. The highest BCUT2D eigenvalue weighted by Gasteiger charge is 2.33. The van der Waals surface area contributed by atoms with E-state index in [1.54, 1.807) is 23.1 Å². The molecule has 0 saturated carbocycles. The highest BCUT2D eigenvalue weighted by Crippen LogP contribution is 2.42. The number of piperidine rings is 1. The maximum Gasteiger partial charge on any atom is 0.336 e. The molecule has 0 spiro atoms. The second-order valence-corrected chi connectivity index (χ2v) is 12.2. The molecule has 0 atom stereocenters. The second-order valence-electron chi connectivity index (χ2n) is 12.2. The van der Waals surface area contributed by atoms with Gasteiger partial charge in [-0.1, -0.05) is 19.1 Å². The number of carbonyl (C=O) groups is 4. The number of benzene rings is 3. The maximum atomic E-state index is 14.6. The topological polar surface area (TPSA) is 118 Å². The van der Waals surface area contributed by atoms with Crippen molar-refractivity contribution in [2.45, 2.75) is 19.8 Å². The van der Waals surface area contributed by atoms with Gasteiger partial charge in [-0.2, -0.15) is 0 Å². The molecule has 3 aliphatic heterocycles. The van der Waals surface area contributed by atoms with Crippen LogP contribution in [0.25, 0.3) is 0 Å². The number of ketones is 1. The average Bonchev–Trinajstić information content (AvgIpc) is 3.07. The largest absolute Gasteiger partial charge is 0.495 e. The Morgan fingerprint density at radius 3 is 2.33 bits per heavy atom. The molecule has 0 aliphatic carbocycles. The predicted molar refractivity (Wildman–Crippen MR) is 176 cm³/mol. The minimum absolute atomic E-state index is 0.00668. The number of halogens is 1. The van der Waals surface area contributed by atoms with Gasteiger partial charge in [0.15, 0.2) is 17.3 Å². The Morgan fingerprint density at radius 1 is 0.958 bits per heavy atom. The molecule has 0 unspecified atom stereocenters. The number of ether oxygens (including phenoxy) is 3.